The molecule has 3 nitrogen and oxygen atoms in total. The van der Waals surface area contributed by atoms with Crippen molar-refractivity contribution in [2.24, 2.45) is 0 Å². The zero-order valence-electron chi connectivity index (χ0n) is 9.94. The van der Waals surface area contributed by atoms with E-state index in [1.54, 1.807) is 23.5 Å². The fraction of sp³-hybridized carbons (Fsp3) is 0.231. The third-order valence-electron chi connectivity index (χ3n) is 2.38. The first-order valence-electron chi connectivity index (χ1n) is 5.55. The lowest BCUT2D eigenvalue weighted by Gasteiger charge is -2.03. The predicted molar refractivity (Wildman–Crippen MR) is 73.9 cm³/mol. The van der Waals surface area contributed by atoms with Gasteiger partial charge in [0.2, 0.25) is 5.91 Å². The minimum atomic E-state index is -0.00910. The van der Waals surface area contributed by atoms with Crippen molar-refractivity contribution in [1.82, 2.24) is 10.3 Å². The molecule has 0 unspecified atom stereocenters. The van der Waals surface area contributed by atoms with Crippen molar-refractivity contribution in [3.05, 3.63) is 50.9 Å². The van der Waals surface area contributed by atoms with Crippen LogP contribution < -0.4 is 5.32 Å². The monoisotopic (exact) mass is 280 g/mol. The number of aromatic nitrogens is 1. The highest BCUT2D eigenvalue weighted by atomic mass is 35.5. The fourth-order valence-electron chi connectivity index (χ4n) is 1.51. The summed E-state index contributed by atoms with van der Waals surface area (Å²) in [5, 5.41) is 6.43. The molecule has 0 spiro atoms. The first kappa shape index (κ1) is 13.1. The third kappa shape index (κ3) is 3.82. The Morgan fingerprint density at radius 1 is 1.39 bits per heavy atom. The van der Waals surface area contributed by atoms with Gasteiger partial charge in [0.15, 0.2) is 0 Å². The average molecular weight is 281 g/mol. The number of nitrogens with one attached hydrogen (secondary N) is 1. The summed E-state index contributed by atoms with van der Waals surface area (Å²) in [5.74, 6) is -0.00910. The predicted octanol–water partition coefficient (Wildman–Crippen LogP) is 2.96. The van der Waals surface area contributed by atoms with Gasteiger partial charge < -0.3 is 5.32 Å². The molecule has 94 valence electrons. The van der Waals surface area contributed by atoms with E-state index < -0.39 is 0 Å². The Morgan fingerprint density at radius 3 is 2.72 bits per heavy atom. The van der Waals surface area contributed by atoms with Crippen LogP contribution in [-0.4, -0.2) is 10.9 Å². The smallest absolute Gasteiger partial charge is 0.224 e. The number of nitrogens with zero attached hydrogens (tertiary/aromatic N) is 1. The summed E-state index contributed by atoms with van der Waals surface area (Å²) in [7, 11) is 0. The Bertz CT molecular complexity index is 536. The molecular formula is C13H13ClN2OS. The van der Waals surface area contributed by atoms with Crippen LogP contribution in [0.25, 0.3) is 0 Å². The number of hydrogen-bond acceptors (Lipinski definition) is 3. The maximum Gasteiger partial charge on any atom is 0.224 e. The van der Waals surface area contributed by atoms with Crippen molar-refractivity contribution < 1.29 is 4.79 Å². The van der Waals surface area contributed by atoms with Crippen molar-refractivity contribution in [3.63, 3.8) is 0 Å². The molecule has 0 aliphatic carbocycles. The summed E-state index contributed by atoms with van der Waals surface area (Å²) in [6.45, 7) is 2.43. The summed E-state index contributed by atoms with van der Waals surface area (Å²) in [6.07, 6.45) is 0.363. The van der Waals surface area contributed by atoms with Gasteiger partial charge in [-0.3, -0.25) is 4.79 Å². The van der Waals surface area contributed by atoms with Gasteiger partial charge >= 0.3 is 0 Å². The zero-order valence-corrected chi connectivity index (χ0v) is 11.5. The van der Waals surface area contributed by atoms with Crippen molar-refractivity contribution in [3.8, 4) is 0 Å². The second kappa shape index (κ2) is 5.98. The fourth-order valence-corrected chi connectivity index (χ4v) is 2.35. The minimum Gasteiger partial charge on any atom is -0.349 e. The summed E-state index contributed by atoms with van der Waals surface area (Å²) < 4.78 is 0. The molecule has 0 aliphatic heterocycles. The molecule has 1 N–H and O–H groups in total. The molecule has 0 saturated heterocycles. The number of benzene rings is 1. The molecular weight excluding hydrogens is 268 g/mol. The van der Waals surface area contributed by atoms with Crippen LogP contribution in [0, 0.1) is 6.92 Å². The van der Waals surface area contributed by atoms with E-state index in [4.69, 9.17) is 11.6 Å². The van der Waals surface area contributed by atoms with E-state index in [1.165, 1.54) is 0 Å². The Morgan fingerprint density at radius 2 is 2.11 bits per heavy atom. The molecule has 2 aromatic rings. The number of carbonyl (C=O) groups excluding carboxylic acids is 1. The Hall–Kier alpha value is -1.39. The average Bonchev–Trinajstić information content (AvgIpc) is 2.76. The quantitative estimate of drug-likeness (QED) is 0.935. The second-order valence-electron chi connectivity index (χ2n) is 3.96. The van der Waals surface area contributed by atoms with E-state index >= 15 is 0 Å². The molecule has 1 aromatic heterocycles. The maximum absolute atomic E-state index is 11.7. The lowest BCUT2D eigenvalue weighted by atomic mass is 10.1. The first-order valence-corrected chi connectivity index (χ1v) is 6.81. The molecule has 2 rings (SSSR count). The highest BCUT2D eigenvalue weighted by Crippen LogP contribution is 2.10. The molecule has 0 fully saturated rings. The molecule has 18 heavy (non-hydrogen) atoms. The van der Waals surface area contributed by atoms with E-state index in [0.29, 0.717) is 18.0 Å². The van der Waals surface area contributed by atoms with Crippen LogP contribution in [-0.2, 0) is 17.8 Å². The normalized spacial score (nSPS) is 10.3. The number of amides is 1. The Balaban J connectivity index is 1.83. The number of hydrogen-bond donors (Lipinski definition) is 1. The van der Waals surface area contributed by atoms with Gasteiger partial charge in [-0.1, -0.05) is 23.7 Å². The van der Waals surface area contributed by atoms with Crippen LogP contribution in [0.3, 0.4) is 0 Å². The molecule has 0 saturated carbocycles. The SMILES string of the molecule is Cc1csc(CNC(=O)Cc2ccc(Cl)cc2)n1. The van der Waals surface area contributed by atoms with Gasteiger partial charge in [0.1, 0.15) is 5.01 Å². The zero-order chi connectivity index (χ0) is 13.0. The van der Waals surface area contributed by atoms with Gasteiger partial charge in [-0.15, -0.1) is 11.3 Å². The van der Waals surface area contributed by atoms with Crippen LogP contribution in [0.15, 0.2) is 29.6 Å². The van der Waals surface area contributed by atoms with E-state index in [-0.39, 0.29) is 5.91 Å². The van der Waals surface area contributed by atoms with Crippen LogP contribution in [0.5, 0.6) is 0 Å². The summed E-state index contributed by atoms with van der Waals surface area (Å²) in [6, 6.07) is 7.29. The largest absolute Gasteiger partial charge is 0.349 e. The Labute approximate surface area is 115 Å². The number of aryl methyl sites for hydroxylation is 1. The molecule has 1 aromatic carbocycles. The van der Waals surface area contributed by atoms with Gasteiger partial charge in [-0.25, -0.2) is 4.98 Å². The van der Waals surface area contributed by atoms with E-state index in [0.717, 1.165) is 16.3 Å². The van der Waals surface area contributed by atoms with Crippen molar-refractivity contribution in [2.75, 3.05) is 0 Å². The second-order valence-corrected chi connectivity index (χ2v) is 5.34. The highest BCUT2D eigenvalue weighted by Gasteiger charge is 2.05. The van der Waals surface area contributed by atoms with Crippen molar-refractivity contribution >= 4 is 28.8 Å². The number of rotatable bonds is 4. The van der Waals surface area contributed by atoms with Gasteiger partial charge in [0.05, 0.1) is 13.0 Å². The number of halogens is 1. The molecule has 0 aliphatic rings. The van der Waals surface area contributed by atoms with Crippen molar-refractivity contribution in [1.29, 1.82) is 0 Å². The topological polar surface area (TPSA) is 42.0 Å². The summed E-state index contributed by atoms with van der Waals surface area (Å²) in [4.78, 5) is 16.0. The summed E-state index contributed by atoms with van der Waals surface area (Å²) in [5.41, 5.74) is 1.94. The van der Waals surface area contributed by atoms with Gasteiger partial charge in [-0.05, 0) is 24.6 Å². The Kier molecular flexibility index (Phi) is 4.33. The van der Waals surface area contributed by atoms with Crippen LogP contribution in [0.2, 0.25) is 5.02 Å². The molecule has 5 heteroatoms. The molecule has 0 atom stereocenters. The number of carbonyl (C=O) groups is 1. The van der Waals surface area contributed by atoms with Gasteiger partial charge in [-0.2, -0.15) is 0 Å². The van der Waals surface area contributed by atoms with Crippen LogP contribution >= 0.6 is 22.9 Å². The van der Waals surface area contributed by atoms with E-state index in [2.05, 4.69) is 10.3 Å². The standard InChI is InChI=1S/C13H13ClN2OS/c1-9-8-18-13(16-9)7-15-12(17)6-10-2-4-11(14)5-3-10/h2-5,8H,6-7H2,1H3,(H,15,17). The molecule has 1 amide bonds. The van der Waals surface area contributed by atoms with E-state index in [1.807, 2.05) is 24.4 Å². The highest BCUT2D eigenvalue weighted by molar-refractivity contribution is 7.09. The minimum absolute atomic E-state index is 0.00910. The number of thiazole rings is 1. The van der Waals surface area contributed by atoms with Gasteiger partial charge in [0, 0.05) is 16.1 Å². The molecule has 0 bridgehead atoms. The van der Waals surface area contributed by atoms with Crippen molar-refractivity contribution in [2.45, 2.75) is 19.9 Å². The van der Waals surface area contributed by atoms with Crippen LogP contribution in [0.1, 0.15) is 16.3 Å². The van der Waals surface area contributed by atoms with E-state index in [9.17, 15) is 4.79 Å². The molecule has 0 radical (unpaired) electrons. The third-order valence-corrected chi connectivity index (χ3v) is 3.60. The lowest BCUT2D eigenvalue weighted by Crippen LogP contribution is -2.24. The maximum atomic E-state index is 11.7. The lowest BCUT2D eigenvalue weighted by molar-refractivity contribution is -0.120. The van der Waals surface area contributed by atoms with Gasteiger partial charge in [0.25, 0.3) is 0 Å². The molecule has 1 heterocycles. The first-order chi connectivity index (χ1) is 8.63. The van der Waals surface area contributed by atoms with Crippen LogP contribution in [0.4, 0.5) is 0 Å². The summed E-state index contributed by atoms with van der Waals surface area (Å²) >= 11 is 7.34.